The number of rotatable bonds is 5. The van der Waals surface area contributed by atoms with Gasteiger partial charge in [0.2, 0.25) is 5.91 Å². The average molecular weight is 388 g/mol. The van der Waals surface area contributed by atoms with Gasteiger partial charge in [0.25, 0.3) is 10.0 Å². The molecule has 0 aliphatic carbocycles. The van der Waals surface area contributed by atoms with E-state index < -0.39 is 32.6 Å². The number of nitrogens with one attached hydrogen (secondary N) is 2. The Bertz CT molecular complexity index is 927. The Morgan fingerprint density at radius 3 is 2.38 bits per heavy atom. The number of hydrogen-bond acceptors (Lipinski definition) is 4. The molecule has 140 valence electrons. The highest BCUT2D eigenvalue weighted by Crippen LogP contribution is 2.32. The number of sulfonamides is 1. The molecule has 0 atom stereocenters. The van der Waals surface area contributed by atoms with Crippen molar-refractivity contribution in [3.05, 3.63) is 48.0 Å². The molecule has 0 heterocycles. The molecule has 0 aliphatic rings. The summed E-state index contributed by atoms with van der Waals surface area (Å²) in [5.41, 5.74) is -0.815. The number of alkyl halides is 3. The molecular formula is C16H15F3N2O4S. The lowest BCUT2D eigenvalue weighted by molar-refractivity contribution is -0.137. The molecule has 0 saturated carbocycles. The Kier molecular flexibility index (Phi) is 5.45. The van der Waals surface area contributed by atoms with Gasteiger partial charge in [-0.05, 0) is 36.4 Å². The molecule has 0 spiro atoms. The molecule has 2 aromatic carbocycles. The summed E-state index contributed by atoms with van der Waals surface area (Å²) in [6.45, 7) is 1.26. The molecule has 2 rings (SSSR count). The molecule has 1 amide bonds. The van der Waals surface area contributed by atoms with Gasteiger partial charge in [-0.15, -0.1) is 0 Å². The maximum absolute atomic E-state index is 12.8. The minimum atomic E-state index is -4.66. The van der Waals surface area contributed by atoms with Crippen molar-refractivity contribution < 1.29 is 31.1 Å². The van der Waals surface area contributed by atoms with E-state index in [2.05, 4.69) is 10.0 Å². The number of ether oxygens (including phenoxy) is 1. The maximum atomic E-state index is 12.8. The van der Waals surface area contributed by atoms with Gasteiger partial charge in [-0.3, -0.25) is 9.52 Å². The fourth-order valence-corrected chi connectivity index (χ4v) is 3.21. The van der Waals surface area contributed by atoms with E-state index in [9.17, 15) is 26.4 Å². The monoisotopic (exact) mass is 388 g/mol. The Morgan fingerprint density at radius 2 is 1.81 bits per heavy atom. The van der Waals surface area contributed by atoms with E-state index in [1.54, 1.807) is 0 Å². The molecular weight excluding hydrogens is 373 g/mol. The summed E-state index contributed by atoms with van der Waals surface area (Å²) in [7, 11) is -2.90. The van der Waals surface area contributed by atoms with Crippen molar-refractivity contribution in [1.29, 1.82) is 0 Å². The molecule has 0 bridgehead atoms. The Labute approximate surface area is 148 Å². The first kappa shape index (κ1) is 19.6. The number of carbonyl (C=O) groups excluding carboxylic acids is 1. The molecule has 26 heavy (non-hydrogen) atoms. The van der Waals surface area contributed by atoms with Gasteiger partial charge in [0, 0.05) is 6.92 Å². The van der Waals surface area contributed by atoms with Crippen LogP contribution in [0.3, 0.4) is 0 Å². The van der Waals surface area contributed by atoms with Crippen molar-refractivity contribution in [3.8, 4) is 5.75 Å². The number of carbonyl (C=O) groups is 1. The third-order valence-electron chi connectivity index (χ3n) is 3.23. The summed E-state index contributed by atoms with van der Waals surface area (Å²) >= 11 is 0. The van der Waals surface area contributed by atoms with Crippen molar-refractivity contribution in [3.63, 3.8) is 0 Å². The first-order valence-electron chi connectivity index (χ1n) is 7.18. The quantitative estimate of drug-likeness (QED) is 0.821. The Hall–Kier alpha value is -2.75. The number of halogens is 3. The highest BCUT2D eigenvalue weighted by molar-refractivity contribution is 7.92. The zero-order chi connectivity index (χ0) is 19.5. The van der Waals surface area contributed by atoms with Crippen molar-refractivity contribution in [2.24, 2.45) is 0 Å². The van der Waals surface area contributed by atoms with Crippen LogP contribution in [-0.2, 0) is 21.0 Å². The molecule has 0 aromatic heterocycles. The molecule has 0 radical (unpaired) electrons. The third kappa shape index (κ3) is 4.66. The molecule has 0 fully saturated rings. The normalized spacial score (nSPS) is 11.7. The van der Waals surface area contributed by atoms with Crippen LogP contribution < -0.4 is 14.8 Å². The van der Waals surface area contributed by atoms with Crippen molar-refractivity contribution in [1.82, 2.24) is 0 Å². The van der Waals surface area contributed by atoms with Gasteiger partial charge < -0.3 is 10.1 Å². The van der Waals surface area contributed by atoms with Crippen LogP contribution in [0.5, 0.6) is 5.75 Å². The third-order valence-corrected chi connectivity index (χ3v) is 4.61. The number of benzene rings is 2. The van der Waals surface area contributed by atoms with Crippen LogP contribution in [0.1, 0.15) is 12.5 Å². The Morgan fingerprint density at radius 1 is 1.12 bits per heavy atom. The summed E-state index contributed by atoms with van der Waals surface area (Å²) in [6.07, 6.45) is -4.66. The van der Waals surface area contributed by atoms with E-state index in [-0.39, 0.29) is 11.4 Å². The van der Waals surface area contributed by atoms with Crippen molar-refractivity contribution >= 4 is 27.3 Å². The fraction of sp³-hybridized carbons (Fsp3) is 0.188. The van der Waals surface area contributed by atoms with Crippen LogP contribution in [0.4, 0.5) is 24.5 Å². The smallest absolute Gasteiger partial charge is 0.416 e. The molecule has 0 aliphatic heterocycles. The van der Waals surface area contributed by atoms with Crippen LogP contribution in [0.25, 0.3) is 0 Å². The summed E-state index contributed by atoms with van der Waals surface area (Å²) in [6, 6.07) is 7.45. The highest BCUT2D eigenvalue weighted by Gasteiger charge is 2.31. The molecule has 2 N–H and O–H groups in total. The van der Waals surface area contributed by atoms with Crippen LogP contribution in [0.2, 0.25) is 0 Å². The standard InChI is InChI=1S/C16H15F3N2O4S/c1-10(22)20-14-9-12(6-7-15(14)25-2)21-26(23,24)13-5-3-4-11(8-13)16(17,18)19/h3-9,21H,1-2H3,(H,20,22). The second-order valence-corrected chi connectivity index (χ2v) is 6.91. The average Bonchev–Trinajstić information content (AvgIpc) is 2.53. The lowest BCUT2D eigenvalue weighted by Crippen LogP contribution is -2.15. The molecule has 0 saturated heterocycles. The summed E-state index contributed by atoms with van der Waals surface area (Å²) in [5.74, 6) is -0.108. The minimum absolute atomic E-state index is 0.0481. The molecule has 0 unspecified atom stereocenters. The van der Waals surface area contributed by atoms with Gasteiger partial charge in [-0.2, -0.15) is 13.2 Å². The zero-order valence-corrected chi connectivity index (χ0v) is 14.5. The lowest BCUT2D eigenvalue weighted by atomic mass is 10.2. The second-order valence-electron chi connectivity index (χ2n) is 5.23. The Balaban J connectivity index is 2.36. The molecule has 6 nitrogen and oxygen atoms in total. The second kappa shape index (κ2) is 7.24. The predicted octanol–water partition coefficient (Wildman–Crippen LogP) is 3.47. The summed E-state index contributed by atoms with van der Waals surface area (Å²) < 4.78 is 70.3. The first-order chi connectivity index (χ1) is 12.0. The van der Waals surface area contributed by atoms with Gasteiger partial charge in [-0.25, -0.2) is 8.42 Å². The number of hydrogen-bond donors (Lipinski definition) is 2. The van der Waals surface area contributed by atoms with E-state index in [1.165, 1.54) is 32.2 Å². The van der Waals surface area contributed by atoms with E-state index in [4.69, 9.17) is 4.74 Å². The van der Waals surface area contributed by atoms with Crippen molar-refractivity contribution in [2.75, 3.05) is 17.1 Å². The lowest BCUT2D eigenvalue weighted by Gasteiger charge is -2.14. The SMILES string of the molecule is COc1ccc(NS(=O)(=O)c2cccc(C(F)(F)F)c2)cc1NC(C)=O. The van der Waals surface area contributed by atoms with E-state index in [0.717, 1.165) is 18.2 Å². The largest absolute Gasteiger partial charge is 0.495 e. The van der Waals surface area contributed by atoms with E-state index >= 15 is 0 Å². The number of methoxy groups -OCH3 is 1. The maximum Gasteiger partial charge on any atom is 0.416 e. The highest BCUT2D eigenvalue weighted by atomic mass is 32.2. The van der Waals surface area contributed by atoms with E-state index in [0.29, 0.717) is 11.8 Å². The predicted molar refractivity (Wildman–Crippen MR) is 89.6 cm³/mol. The van der Waals surface area contributed by atoms with Crippen LogP contribution in [0, 0.1) is 0 Å². The fourth-order valence-electron chi connectivity index (χ4n) is 2.11. The molecule has 2 aromatic rings. The van der Waals surface area contributed by atoms with Gasteiger partial charge in [0.05, 0.1) is 28.9 Å². The minimum Gasteiger partial charge on any atom is -0.495 e. The van der Waals surface area contributed by atoms with Gasteiger partial charge >= 0.3 is 6.18 Å². The van der Waals surface area contributed by atoms with Gasteiger partial charge in [0.1, 0.15) is 5.75 Å². The van der Waals surface area contributed by atoms with Crippen LogP contribution in [-0.4, -0.2) is 21.4 Å². The number of amides is 1. The molecule has 10 heteroatoms. The van der Waals surface area contributed by atoms with Crippen LogP contribution in [0.15, 0.2) is 47.4 Å². The summed E-state index contributed by atoms with van der Waals surface area (Å²) in [4.78, 5) is 10.7. The van der Waals surface area contributed by atoms with Gasteiger partial charge in [-0.1, -0.05) is 6.07 Å². The zero-order valence-electron chi connectivity index (χ0n) is 13.7. The van der Waals surface area contributed by atoms with E-state index in [1.807, 2.05) is 0 Å². The number of anilines is 2. The summed E-state index contributed by atoms with van der Waals surface area (Å²) in [5, 5.41) is 2.47. The topological polar surface area (TPSA) is 84.5 Å². The van der Waals surface area contributed by atoms with Crippen molar-refractivity contribution in [2.45, 2.75) is 18.0 Å². The first-order valence-corrected chi connectivity index (χ1v) is 8.67. The van der Waals surface area contributed by atoms with Gasteiger partial charge in [0.15, 0.2) is 0 Å². The van der Waals surface area contributed by atoms with Crippen LogP contribution >= 0.6 is 0 Å².